The third kappa shape index (κ3) is 7.30. The maximum Gasteiger partial charge on any atom is 0.127 e. The average Bonchev–Trinajstić information content (AvgIpc) is 2.31. The van der Waals surface area contributed by atoms with Crippen molar-refractivity contribution in [2.45, 2.75) is 0 Å². The Labute approximate surface area is 509 Å². The summed E-state index contributed by atoms with van der Waals surface area (Å²) >= 11 is 0. The molecular weight excluding hydrogens is 941 g/mol. The van der Waals surface area contributed by atoms with Gasteiger partial charge in [0, 0.05) is 10.8 Å². The summed E-state index contributed by atoms with van der Waals surface area (Å²) in [4.78, 5) is 0. The molecule has 0 aliphatic rings. The first-order chi connectivity index (χ1) is 37.8. The highest BCUT2D eigenvalue weighted by molar-refractivity contribution is 6.79. The molecule has 296 valence electrons. The van der Waals surface area contributed by atoms with Gasteiger partial charge in [0.2, 0.25) is 0 Å². The molecule has 81 heavy (non-hydrogen) atoms. The highest BCUT2D eigenvalue weighted by Crippen LogP contribution is 2.40. The molecule has 0 bridgehead atoms. The molecule has 11 aromatic rings. The van der Waals surface area contributed by atoms with Gasteiger partial charge in [0.05, 0.1) is 0 Å². The predicted octanol–water partition coefficient (Wildman–Crippen LogP) is -21.8. The van der Waals surface area contributed by atoms with Crippen LogP contribution in [0, 0.1) is 0 Å². The Morgan fingerprint density at radius 2 is 0.284 bits per heavy atom. The minimum atomic E-state index is -0.282. The van der Waals surface area contributed by atoms with Crippen LogP contribution in [0.4, 0.5) is 0 Å². The van der Waals surface area contributed by atoms with Gasteiger partial charge in [-0.3, -0.25) is 0 Å². The molecule has 0 fully saturated rings. The van der Waals surface area contributed by atoms with Crippen molar-refractivity contribution in [3.63, 3.8) is 0 Å². The molecule has 1 heterocycles. The van der Waals surface area contributed by atoms with E-state index in [0.717, 1.165) is 0 Å². The Bertz CT molecular complexity index is 4850. The van der Waals surface area contributed by atoms with Gasteiger partial charge in [0.1, 0.15) is 247 Å². The van der Waals surface area contributed by atoms with Crippen LogP contribution in [0.25, 0.3) is 109 Å². The third-order valence-electron chi connectivity index (χ3n) is 16.0. The molecule has 1 nitrogen and oxygen atoms in total. The van der Waals surface area contributed by atoms with E-state index in [1.807, 2.05) is 0 Å². The second-order valence-electron chi connectivity index (χ2n) is 19.9. The number of fused-ring (bicyclic) bond motifs is 9. The van der Waals surface area contributed by atoms with E-state index in [0.29, 0.717) is 0 Å². The van der Waals surface area contributed by atoms with Gasteiger partial charge in [0.15, 0.2) is 0 Å². The molecule has 31 heteroatoms. The number of rotatable bonds is 3. The van der Waals surface area contributed by atoms with Crippen molar-refractivity contribution in [2.75, 3.05) is 0 Å². The molecule has 0 unspecified atom stereocenters. The molecule has 0 saturated carbocycles. The average molecular weight is 941 g/mol. The number of hydrogen-bond acceptors (Lipinski definition) is 1. The lowest BCUT2D eigenvalue weighted by Gasteiger charge is -2.33. The van der Waals surface area contributed by atoms with Crippen LogP contribution in [-0.2, 0) is 0 Å². The first-order valence-electron chi connectivity index (χ1n) is 23.8. The molecule has 0 N–H and O–H groups in total. The van der Waals surface area contributed by atoms with Gasteiger partial charge in [-0.2, -0.15) is 0 Å². The summed E-state index contributed by atoms with van der Waals surface area (Å²) in [5.41, 5.74) is -5.27. The van der Waals surface area contributed by atoms with Crippen molar-refractivity contribution in [3.8, 4) is 33.4 Å². The van der Waals surface area contributed by atoms with E-state index in [4.69, 9.17) is 240 Å². The lowest BCUT2D eigenvalue weighted by molar-refractivity contribution is 0.675. The van der Waals surface area contributed by atoms with Gasteiger partial charge < -0.3 is 4.42 Å². The molecular formula is C50B30O. The number of furan rings is 1. The second-order valence-corrected chi connectivity index (χ2v) is 19.9. The summed E-state index contributed by atoms with van der Waals surface area (Å²) in [6.07, 6.45) is 0. The van der Waals surface area contributed by atoms with Crippen LogP contribution < -0.4 is 164 Å². The van der Waals surface area contributed by atoms with Gasteiger partial charge >= 0.3 is 0 Å². The lowest BCUT2D eigenvalue weighted by atomic mass is 9.55. The molecule has 0 atom stereocenters. The standard InChI is InChI=1S/C50B30O/c51-19-9(7-8(28(60)42(74)41(73)27(7)59)10-14(19)34(66)44(76)43(75)29(10)61)13-21(53)16-15(33(65)31(13)63)20(52)11(30(62)32(16)64)1-3-5(25(57)39(71)37(69)23(3)55)2(6-4(1)24(56)38(70)40(72)26(6)58)12-22(54)17-18-36(68)45(77)46(78)48(80)50(18)81-49(17)47(79)35(12)67. The molecule has 60 radical (unpaired) electrons. The van der Waals surface area contributed by atoms with Gasteiger partial charge in [-0.15, -0.1) is 54.6 Å². The smallest absolute Gasteiger partial charge is 0.127 e. The van der Waals surface area contributed by atoms with Crippen LogP contribution in [-0.4, -0.2) is 235 Å². The highest BCUT2D eigenvalue weighted by Gasteiger charge is 2.32. The topological polar surface area (TPSA) is 13.1 Å². The van der Waals surface area contributed by atoms with Crippen LogP contribution in [0.1, 0.15) is 0 Å². The summed E-state index contributed by atoms with van der Waals surface area (Å²) in [6, 6.07) is 0. The van der Waals surface area contributed by atoms with E-state index in [1.54, 1.807) is 0 Å². The first kappa shape index (κ1) is 58.0. The predicted molar refractivity (Wildman–Crippen MR) is 379 cm³/mol. The van der Waals surface area contributed by atoms with Crippen molar-refractivity contribution >= 4 is 475 Å². The van der Waals surface area contributed by atoms with E-state index in [1.165, 1.54) is 0 Å². The maximum atomic E-state index is 7.42. The largest absolute Gasteiger partial charge is 0.457 e. The fraction of sp³-hybridized carbons (Fsp3) is 0. The summed E-state index contributed by atoms with van der Waals surface area (Å²) in [5.74, 6) is 0. The zero-order valence-corrected chi connectivity index (χ0v) is 42.7. The van der Waals surface area contributed by atoms with Crippen molar-refractivity contribution < 1.29 is 4.42 Å². The SMILES string of the molecule is [B]c1c([B])c([B])c2c(oc3c([B])c([B])c(-c4c5c([B])c([B])c([B])c([B])c5c(-c5c([B])c([B])c6c([B])c(-c7c([B])c8c([B])c([B])c([B])c([B])c8c8c([B])c([B])c([B])c([B])c78)c([B])c([B])c6c5[B])c5c([B])c([B])c([B])c([B])c45)c([B])c32)c1[B]. The fourth-order valence-electron chi connectivity index (χ4n) is 11.8. The van der Waals surface area contributed by atoms with E-state index in [2.05, 4.69) is 0 Å². The molecule has 0 amide bonds. The van der Waals surface area contributed by atoms with Gasteiger partial charge in [-0.1, -0.05) is 109 Å². The van der Waals surface area contributed by atoms with Gasteiger partial charge in [-0.05, 0) is 87.2 Å². The van der Waals surface area contributed by atoms with Crippen molar-refractivity contribution in [3.05, 3.63) is 0 Å². The zero-order valence-electron chi connectivity index (χ0n) is 42.7. The Kier molecular flexibility index (Phi) is 13.9. The Morgan fingerprint density at radius 1 is 0.111 bits per heavy atom. The van der Waals surface area contributed by atoms with E-state index in [-0.39, 0.29) is 273 Å². The van der Waals surface area contributed by atoms with Crippen molar-refractivity contribution in [2.24, 2.45) is 0 Å². The number of benzene rings is 10. The monoisotopic (exact) mass is 946 g/mol. The van der Waals surface area contributed by atoms with Crippen LogP contribution in [0.15, 0.2) is 4.42 Å². The molecule has 0 aliphatic heterocycles. The molecule has 1 aromatic heterocycles. The van der Waals surface area contributed by atoms with E-state index in [9.17, 15) is 0 Å². The van der Waals surface area contributed by atoms with Crippen molar-refractivity contribution in [1.29, 1.82) is 0 Å². The molecule has 0 aliphatic carbocycles. The summed E-state index contributed by atoms with van der Waals surface area (Å²) < 4.78 is 6.20. The fourth-order valence-corrected chi connectivity index (χ4v) is 11.8. The van der Waals surface area contributed by atoms with E-state index < -0.39 is 0 Å². The number of hydrogen-bond donors (Lipinski definition) is 0. The van der Waals surface area contributed by atoms with Gasteiger partial charge in [-0.25, -0.2) is 0 Å². The minimum absolute atomic E-state index is 0.00682. The first-order valence-corrected chi connectivity index (χ1v) is 23.8. The third-order valence-corrected chi connectivity index (χ3v) is 16.0. The van der Waals surface area contributed by atoms with Crippen LogP contribution in [0.5, 0.6) is 0 Å². The summed E-state index contributed by atoms with van der Waals surface area (Å²) in [5, 5.41) is 0.328. The molecule has 0 spiro atoms. The Balaban J connectivity index is 1.36. The molecule has 0 saturated heterocycles. The second kappa shape index (κ2) is 19.4. The van der Waals surface area contributed by atoms with E-state index >= 15 is 0 Å². The lowest BCUT2D eigenvalue weighted by Crippen LogP contribution is -2.52. The van der Waals surface area contributed by atoms with Crippen LogP contribution >= 0.6 is 0 Å². The molecule has 11 rings (SSSR count). The zero-order chi connectivity index (χ0) is 59.6. The van der Waals surface area contributed by atoms with Gasteiger partial charge in [0.25, 0.3) is 0 Å². The molecule has 10 aromatic carbocycles. The van der Waals surface area contributed by atoms with Crippen LogP contribution in [0.3, 0.4) is 0 Å². The quantitative estimate of drug-likeness (QED) is 0.0977. The van der Waals surface area contributed by atoms with Crippen molar-refractivity contribution in [1.82, 2.24) is 0 Å². The summed E-state index contributed by atoms with van der Waals surface area (Å²) in [6.45, 7) is 0. The Morgan fingerprint density at radius 3 is 0.630 bits per heavy atom. The van der Waals surface area contributed by atoms with Crippen LogP contribution in [0.2, 0.25) is 0 Å². The Hall–Kier alpha value is -4.75. The maximum absolute atomic E-state index is 7.42. The highest BCUT2D eigenvalue weighted by atomic mass is 16.3. The minimum Gasteiger partial charge on any atom is -0.457 e. The summed E-state index contributed by atoms with van der Waals surface area (Å²) in [7, 11) is 206. The normalized spacial score (nSPS) is 12.0.